The largest absolute Gasteiger partial charge is 0.497 e. The molecule has 0 N–H and O–H groups in total. The standard InChI is InChI=1S/C29H38O4/c1-7-29(5)13-12-27-24(25(29)15-23-19(4)22(18(2)3)16-26(23)30)17-32-28(33-27)14-20-8-10-21(31-6)11-9-20/h7-11,18,22,27-28H,1,12-17H2,2-6H3/t22-,27+,28?,29-/m1/s1. The Morgan fingerprint density at radius 2 is 2.00 bits per heavy atom. The van der Waals surface area contributed by atoms with Crippen molar-refractivity contribution in [2.24, 2.45) is 17.3 Å². The van der Waals surface area contributed by atoms with Crippen molar-refractivity contribution in [2.75, 3.05) is 13.7 Å². The Kier molecular flexibility index (Phi) is 6.97. The number of carbonyl (C=O) groups excluding carboxylic acids is 1. The lowest BCUT2D eigenvalue weighted by molar-refractivity contribution is -0.191. The number of methoxy groups -OCH3 is 1. The molecule has 4 rings (SSSR count). The predicted molar refractivity (Wildman–Crippen MR) is 131 cm³/mol. The van der Waals surface area contributed by atoms with Gasteiger partial charge in [-0.2, -0.15) is 0 Å². The average Bonchev–Trinajstić information content (AvgIpc) is 3.10. The minimum absolute atomic E-state index is 0.0448. The number of fused-ring (bicyclic) bond motifs is 1. The van der Waals surface area contributed by atoms with Gasteiger partial charge in [0, 0.05) is 18.3 Å². The van der Waals surface area contributed by atoms with Crippen molar-refractivity contribution < 1.29 is 19.0 Å². The Bertz CT molecular complexity index is 968. The van der Waals surface area contributed by atoms with Crippen molar-refractivity contribution in [3.8, 4) is 5.75 Å². The molecule has 1 aromatic rings. The molecule has 0 radical (unpaired) electrons. The maximum absolute atomic E-state index is 13.0. The first-order valence-corrected chi connectivity index (χ1v) is 12.2. The number of allylic oxidation sites excluding steroid dienone is 4. The molecule has 0 bridgehead atoms. The monoisotopic (exact) mass is 450 g/mol. The summed E-state index contributed by atoms with van der Waals surface area (Å²) < 4.78 is 17.9. The van der Waals surface area contributed by atoms with Crippen molar-refractivity contribution in [1.82, 2.24) is 0 Å². The van der Waals surface area contributed by atoms with Gasteiger partial charge in [0.15, 0.2) is 12.1 Å². The van der Waals surface area contributed by atoms with Crippen LogP contribution in [-0.2, 0) is 20.7 Å². The number of rotatable bonds is 7. The fourth-order valence-electron chi connectivity index (χ4n) is 5.72. The first-order valence-electron chi connectivity index (χ1n) is 12.2. The van der Waals surface area contributed by atoms with E-state index < -0.39 is 0 Å². The van der Waals surface area contributed by atoms with Crippen molar-refractivity contribution in [3.05, 3.63) is 64.8 Å². The highest BCUT2D eigenvalue weighted by Gasteiger charge is 2.42. The van der Waals surface area contributed by atoms with Crippen LogP contribution in [0.1, 0.15) is 58.9 Å². The minimum atomic E-state index is -0.263. The average molecular weight is 451 g/mol. The van der Waals surface area contributed by atoms with Crippen LogP contribution < -0.4 is 4.74 Å². The number of benzene rings is 1. The third-order valence-corrected chi connectivity index (χ3v) is 8.08. The molecule has 2 aliphatic carbocycles. The summed E-state index contributed by atoms with van der Waals surface area (Å²) in [7, 11) is 1.67. The number of hydrogen-bond donors (Lipinski definition) is 0. The fraction of sp³-hybridized carbons (Fsp3) is 0.552. The van der Waals surface area contributed by atoms with E-state index in [2.05, 4.69) is 52.5 Å². The normalized spacial score (nSPS) is 30.1. The van der Waals surface area contributed by atoms with Crippen LogP contribution in [0.3, 0.4) is 0 Å². The minimum Gasteiger partial charge on any atom is -0.497 e. The van der Waals surface area contributed by atoms with Crippen LogP contribution in [0.2, 0.25) is 0 Å². The van der Waals surface area contributed by atoms with E-state index in [-0.39, 0.29) is 17.8 Å². The van der Waals surface area contributed by atoms with Gasteiger partial charge < -0.3 is 14.2 Å². The van der Waals surface area contributed by atoms with Crippen LogP contribution in [0.5, 0.6) is 5.75 Å². The fourth-order valence-corrected chi connectivity index (χ4v) is 5.72. The molecular weight excluding hydrogens is 412 g/mol. The van der Waals surface area contributed by atoms with Crippen LogP contribution in [0, 0.1) is 17.3 Å². The second-order valence-electron chi connectivity index (χ2n) is 10.4. The molecule has 1 saturated heterocycles. The maximum Gasteiger partial charge on any atom is 0.162 e. The molecule has 0 aromatic heterocycles. The van der Waals surface area contributed by atoms with Gasteiger partial charge in [-0.25, -0.2) is 0 Å². The zero-order valence-electron chi connectivity index (χ0n) is 20.8. The highest BCUT2D eigenvalue weighted by molar-refractivity contribution is 5.99. The summed E-state index contributed by atoms with van der Waals surface area (Å²) in [6, 6.07) is 8.06. The maximum atomic E-state index is 13.0. The summed E-state index contributed by atoms with van der Waals surface area (Å²) in [5, 5.41) is 0. The molecule has 1 aromatic carbocycles. The van der Waals surface area contributed by atoms with Crippen molar-refractivity contribution in [1.29, 1.82) is 0 Å². The molecule has 0 spiro atoms. The molecule has 33 heavy (non-hydrogen) atoms. The summed E-state index contributed by atoms with van der Waals surface area (Å²) in [6.07, 6.45) is 5.81. The van der Waals surface area contributed by atoms with Crippen LogP contribution in [-0.4, -0.2) is 31.9 Å². The van der Waals surface area contributed by atoms with Gasteiger partial charge in [-0.05, 0) is 66.9 Å². The Labute approximate surface area is 198 Å². The zero-order valence-corrected chi connectivity index (χ0v) is 20.8. The lowest BCUT2D eigenvalue weighted by Crippen LogP contribution is -2.41. The van der Waals surface area contributed by atoms with E-state index in [1.54, 1.807) is 7.11 Å². The summed E-state index contributed by atoms with van der Waals surface area (Å²) in [5.41, 5.74) is 5.80. The number of ether oxygens (including phenoxy) is 3. The molecule has 4 nitrogen and oxygen atoms in total. The molecule has 1 fully saturated rings. The summed E-state index contributed by atoms with van der Waals surface area (Å²) in [5.74, 6) is 2.00. The van der Waals surface area contributed by atoms with Crippen LogP contribution in [0.15, 0.2) is 59.2 Å². The molecule has 3 aliphatic rings. The molecule has 1 unspecified atom stereocenters. The SMILES string of the molecule is C=C[C@]1(C)CC[C@@H]2OC(Cc3ccc(OC)cc3)OCC2=C1CC1=C(C)[C@@H](C(C)C)CC1=O. The van der Waals surface area contributed by atoms with Crippen molar-refractivity contribution in [3.63, 3.8) is 0 Å². The van der Waals surface area contributed by atoms with E-state index in [4.69, 9.17) is 14.2 Å². The van der Waals surface area contributed by atoms with E-state index in [1.807, 2.05) is 12.1 Å². The van der Waals surface area contributed by atoms with Crippen LogP contribution in [0.25, 0.3) is 0 Å². The molecular formula is C29H38O4. The summed E-state index contributed by atoms with van der Waals surface area (Å²) in [4.78, 5) is 13.0. The van der Waals surface area contributed by atoms with E-state index in [0.29, 0.717) is 43.5 Å². The molecule has 178 valence electrons. The molecule has 4 heteroatoms. The van der Waals surface area contributed by atoms with E-state index in [9.17, 15) is 4.79 Å². The lowest BCUT2D eigenvalue weighted by atomic mass is 9.68. The summed E-state index contributed by atoms with van der Waals surface area (Å²) in [6.45, 7) is 13.5. The Morgan fingerprint density at radius 3 is 2.61 bits per heavy atom. The van der Waals surface area contributed by atoms with Gasteiger partial charge >= 0.3 is 0 Å². The number of carbonyl (C=O) groups is 1. The predicted octanol–water partition coefficient (Wildman–Crippen LogP) is 6.21. The molecule has 4 atom stereocenters. The lowest BCUT2D eigenvalue weighted by Gasteiger charge is -2.44. The Balaban J connectivity index is 1.57. The van der Waals surface area contributed by atoms with E-state index >= 15 is 0 Å². The van der Waals surface area contributed by atoms with Gasteiger partial charge in [0.05, 0.1) is 19.8 Å². The van der Waals surface area contributed by atoms with Gasteiger partial charge in [-0.3, -0.25) is 4.79 Å². The third-order valence-electron chi connectivity index (χ3n) is 8.08. The van der Waals surface area contributed by atoms with Crippen LogP contribution >= 0.6 is 0 Å². The number of ketones is 1. The number of hydrogen-bond acceptors (Lipinski definition) is 4. The Hall–Kier alpha value is -2.17. The topological polar surface area (TPSA) is 44.8 Å². The zero-order chi connectivity index (χ0) is 23.8. The quantitative estimate of drug-likeness (QED) is 0.463. The highest BCUT2D eigenvalue weighted by Crippen LogP contribution is 2.49. The van der Waals surface area contributed by atoms with Gasteiger partial charge in [0.25, 0.3) is 0 Å². The van der Waals surface area contributed by atoms with Crippen molar-refractivity contribution >= 4 is 5.78 Å². The molecule has 0 amide bonds. The smallest absolute Gasteiger partial charge is 0.162 e. The second kappa shape index (κ2) is 9.60. The summed E-state index contributed by atoms with van der Waals surface area (Å²) >= 11 is 0. The van der Waals surface area contributed by atoms with Gasteiger partial charge in [-0.15, -0.1) is 6.58 Å². The van der Waals surface area contributed by atoms with E-state index in [0.717, 1.165) is 29.7 Å². The first kappa shape index (κ1) is 24.0. The van der Waals surface area contributed by atoms with Crippen LogP contribution in [0.4, 0.5) is 0 Å². The molecule has 1 aliphatic heterocycles. The second-order valence-corrected chi connectivity index (χ2v) is 10.4. The van der Waals surface area contributed by atoms with Gasteiger partial charge in [0.2, 0.25) is 0 Å². The Morgan fingerprint density at radius 1 is 1.27 bits per heavy atom. The third kappa shape index (κ3) is 4.74. The van der Waals surface area contributed by atoms with E-state index in [1.165, 1.54) is 16.7 Å². The van der Waals surface area contributed by atoms with Gasteiger partial charge in [0.1, 0.15) is 5.75 Å². The number of Topliss-reactive ketones (excluding diaryl/α,β-unsaturated/α-hetero) is 1. The molecule has 0 saturated carbocycles. The highest BCUT2D eigenvalue weighted by atomic mass is 16.7. The van der Waals surface area contributed by atoms with Crippen molar-refractivity contribution in [2.45, 2.75) is 72.2 Å². The first-order chi connectivity index (χ1) is 15.8. The molecule has 1 heterocycles. The van der Waals surface area contributed by atoms with Gasteiger partial charge in [-0.1, -0.05) is 50.1 Å².